The zero-order valence-corrected chi connectivity index (χ0v) is 19.3. The van der Waals surface area contributed by atoms with Gasteiger partial charge in [0.1, 0.15) is 0 Å². The molecule has 8 heteroatoms. The van der Waals surface area contributed by atoms with E-state index in [0.29, 0.717) is 0 Å². The average Bonchev–Trinajstić information content (AvgIpc) is 2.79. The fourth-order valence-electron chi connectivity index (χ4n) is 3.60. The van der Waals surface area contributed by atoms with Crippen LogP contribution in [0.2, 0.25) is 5.02 Å². The normalized spacial score (nSPS) is 16.5. The number of aliphatic carboxylic acids is 2. The molecule has 170 valence electrons. The van der Waals surface area contributed by atoms with E-state index in [0.717, 1.165) is 44.2 Å². The smallest absolute Gasteiger partial charge is 0.303 e. The Balaban J connectivity index is 0.000000312. The first-order valence-electron chi connectivity index (χ1n) is 10.6. The predicted octanol–water partition coefficient (Wildman–Crippen LogP) is 4.47. The van der Waals surface area contributed by atoms with Crippen molar-refractivity contribution in [3.8, 4) is 0 Å². The Labute approximate surface area is 197 Å². The van der Waals surface area contributed by atoms with Gasteiger partial charge in [0.15, 0.2) is 0 Å². The van der Waals surface area contributed by atoms with Gasteiger partial charge in [0.05, 0.1) is 12.8 Å². The van der Waals surface area contributed by atoms with E-state index in [4.69, 9.17) is 21.8 Å². The summed E-state index contributed by atoms with van der Waals surface area (Å²) in [6, 6.07) is 14.9. The number of carbonyl (C=O) groups is 2. The first-order chi connectivity index (χ1) is 15.4. The number of hydrogen-bond donors (Lipinski definition) is 3. The lowest BCUT2D eigenvalue weighted by Crippen LogP contribution is -2.43. The number of fused-ring (bicyclic) bond motifs is 2. The SMILES string of the molecule is Clc1ccc2c(c1)C(=CCCN1CCNCC1)c1ccccc1S2.O=C(O)CCC(=O)O. The Kier molecular flexibility index (Phi) is 9.17. The standard InChI is InChI=1S/C20H21ClN2S.C4H6O4/c21-15-7-8-20-18(14-15)16(17-4-1-2-6-19(17)24-20)5-3-11-23-12-9-22-10-13-23;5-3(6)1-2-4(7)8/h1-2,4-8,14,22H,3,9-13H2;1-2H2,(H,5,6)(H,7,8). The Hall–Kier alpha value is -2.32. The molecule has 2 aromatic carbocycles. The first kappa shape index (κ1) is 24.3. The number of carboxylic acids is 2. The molecule has 0 amide bonds. The fraction of sp³-hybridized carbons (Fsp3) is 0.333. The van der Waals surface area contributed by atoms with Crippen LogP contribution in [-0.4, -0.2) is 59.8 Å². The lowest BCUT2D eigenvalue weighted by molar-refractivity contribution is -0.143. The van der Waals surface area contributed by atoms with E-state index in [1.165, 1.54) is 26.5 Å². The van der Waals surface area contributed by atoms with Crippen LogP contribution in [0.1, 0.15) is 30.4 Å². The van der Waals surface area contributed by atoms with Crippen LogP contribution in [0.15, 0.2) is 58.3 Å². The third-order valence-electron chi connectivity index (χ3n) is 5.19. The van der Waals surface area contributed by atoms with Crippen LogP contribution < -0.4 is 5.32 Å². The van der Waals surface area contributed by atoms with E-state index in [-0.39, 0.29) is 12.8 Å². The average molecular weight is 475 g/mol. The molecule has 0 saturated carbocycles. The molecule has 2 aliphatic rings. The second-order valence-corrected chi connectivity index (χ2v) is 9.04. The molecule has 0 spiro atoms. The highest BCUT2D eigenvalue weighted by Crippen LogP contribution is 2.46. The van der Waals surface area contributed by atoms with E-state index in [9.17, 15) is 9.59 Å². The van der Waals surface area contributed by atoms with Crippen molar-refractivity contribution in [3.05, 3.63) is 64.7 Å². The molecule has 0 unspecified atom stereocenters. The molecule has 0 aliphatic carbocycles. The molecule has 2 aromatic rings. The minimum atomic E-state index is -1.08. The number of carboxylic acid groups (broad SMARTS) is 2. The molecule has 1 saturated heterocycles. The van der Waals surface area contributed by atoms with Crippen LogP contribution in [0.3, 0.4) is 0 Å². The van der Waals surface area contributed by atoms with Crippen LogP contribution in [0.5, 0.6) is 0 Å². The Bertz CT molecular complexity index is 976. The summed E-state index contributed by atoms with van der Waals surface area (Å²) >= 11 is 8.11. The summed E-state index contributed by atoms with van der Waals surface area (Å²) in [5.41, 5.74) is 3.93. The summed E-state index contributed by atoms with van der Waals surface area (Å²) in [7, 11) is 0. The number of rotatable bonds is 6. The number of halogens is 1. The van der Waals surface area contributed by atoms with Crippen LogP contribution in [-0.2, 0) is 9.59 Å². The zero-order chi connectivity index (χ0) is 22.9. The van der Waals surface area contributed by atoms with Gasteiger partial charge in [-0.25, -0.2) is 0 Å². The summed E-state index contributed by atoms with van der Waals surface area (Å²) < 4.78 is 0. The number of nitrogens with zero attached hydrogens (tertiary/aromatic N) is 1. The maximum Gasteiger partial charge on any atom is 0.303 e. The summed E-state index contributed by atoms with van der Waals surface area (Å²) in [6.07, 6.45) is 2.88. The van der Waals surface area contributed by atoms with Crippen molar-refractivity contribution in [1.29, 1.82) is 0 Å². The van der Waals surface area contributed by atoms with Crippen LogP contribution in [0.4, 0.5) is 0 Å². The molecule has 0 radical (unpaired) electrons. The summed E-state index contributed by atoms with van der Waals surface area (Å²) in [5, 5.41) is 20.0. The van der Waals surface area contributed by atoms with Gasteiger partial charge in [-0.2, -0.15) is 0 Å². The maximum atomic E-state index is 9.64. The van der Waals surface area contributed by atoms with Crippen molar-refractivity contribution in [2.45, 2.75) is 29.1 Å². The molecule has 3 N–H and O–H groups in total. The van der Waals surface area contributed by atoms with E-state index in [1.807, 2.05) is 17.8 Å². The predicted molar refractivity (Wildman–Crippen MR) is 128 cm³/mol. The van der Waals surface area contributed by atoms with Crippen molar-refractivity contribution in [2.75, 3.05) is 32.7 Å². The molecule has 1 fully saturated rings. The highest BCUT2D eigenvalue weighted by Gasteiger charge is 2.20. The van der Waals surface area contributed by atoms with E-state index in [1.54, 1.807) is 0 Å². The quantitative estimate of drug-likeness (QED) is 0.485. The monoisotopic (exact) mass is 474 g/mol. The van der Waals surface area contributed by atoms with Gasteiger partial charge < -0.3 is 20.4 Å². The van der Waals surface area contributed by atoms with Gasteiger partial charge in [0.2, 0.25) is 0 Å². The second-order valence-electron chi connectivity index (χ2n) is 7.52. The minimum absolute atomic E-state index is 0.296. The van der Waals surface area contributed by atoms with Gasteiger partial charge in [0.25, 0.3) is 0 Å². The molecule has 2 aliphatic heterocycles. The van der Waals surface area contributed by atoms with Gasteiger partial charge in [-0.1, -0.05) is 47.6 Å². The molecule has 0 bridgehead atoms. The largest absolute Gasteiger partial charge is 0.481 e. The third kappa shape index (κ3) is 7.10. The number of hydrogen-bond acceptors (Lipinski definition) is 5. The molecule has 0 atom stereocenters. The van der Waals surface area contributed by atoms with Crippen LogP contribution in [0.25, 0.3) is 5.57 Å². The van der Waals surface area contributed by atoms with Crippen LogP contribution in [0, 0.1) is 0 Å². The highest BCUT2D eigenvalue weighted by atomic mass is 35.5. The third-order valence-corrected chi connectivity index (χ3v) is 6.57. The van der Waals surface area contributed by atoms with E-state index >= 15 is 0 Å². The molecular weight excluding hydrogens is 448 g/mol. The fourth-order valence-corrected chi connectivity index (χ4v) is 4.86. The summed E-state index contributed by atoms with van der Waals surface area (Å²) in [5.74, 6) is -2.15. The molecule has 32 heavy (non-hydrogen) atoms. The Morgan fingerprint density at radius 2 is 1.66 bits per heavy atom. The summed E-state index contributed by atoms with van der Waals surface area (Å²) in [4.78, 5) is 24.5. The molecule has 0 aromatic heterocycles. The lowest BCUT2D eigenvalue weighted by atomic mass is 9.96. The zero-order valence-electron chi connectivity index (χ0n) is 17.7. The maximum absolute atomic E-state index is 9.64. The van der Waals surface area contributed by atoms with Crippen LogP contribution >= 0.6 is 23.4 Å². The Morgan fingerprint density at radius 3 is 2.34 bits per heavy atom. The first-order valence-corrected chi connectivity index (χ1v) is 11.8. The summed E-state index contributed by atoms with van der Waals surface area (Å²) in [6.45, 7) is 5.63. The second kappa shape index (κ2) is 12.1. The molecule has 4 rings (SSSR count). The number of piperazine rings is 1. The van der Waals surface area contributed by atoms with Crippen molar-refractivity contribution in [1.82, 2.24) is 10.2 Å². The highest BCUT2D eigenvalue weighted by molar-refractivity contribution is 7.99. The van der Waals surface area contributed by atoms with Gasteiger partial charge in [0, 0.05) is 47.5 Å². The topological polar surface area (TPSA) is 89.9 Å². The molecule has 6 nitrogen and oxygen atoms in total. The number of nitrogens with one attached hydrogen (secondary N) is 1. The van der Waals surface area contributed by atoms with Crippen molar-refractivity contribution in [3.63, 3.8) is 0 Å². The van der Waals surface area contributed by atoms with Gasteiger partial charge in [-0.05, 0) is 47.4 Å². The van der Waals surface area contributed by atoms with Crippen molar-refractivity contribution in [2.24, 2.45) is 0 Å². The van der Waals surface area contributed by atoms with Gasteiger partial charge >= 0.3 is 11.9 Å². The molecule has 2 heterocycles. The van der Waals surface area contributed by atoms with E-state index < -0.39 is 11.9 Å². The van der Waals surface area contributed by atoms with Crippen molar-refractivity contribution < 1.29 is 19.8 Å². The van der Waals surface area contributed by atoms with Crippen molar-refractivity contribution >= 4 is 40.9 Å². The van der Waals surface area contributed by atoms with Gasteiger partial charge in [-0.3, -0.25) is 9.59 Å². The number of benzene rings is 2. The lowest BCUT2D eigenvalue weighted by Gasteiger charge is -2.27. The minimum Gasteiger partial charge on any atom is -0.481 e. The Morgan fingerprint density at radius 1 is 1.00 bits per heavy atom. The molecular formula is C24H27ClN2O4S. The van der Waals surface area contributed by atoms with Gasteiger partial charge in [-0.15, -0.1) is 0 Å². The van der Waals surface area contributed by atoms with E-state index in [2.05, 4.69) is 52.7 Å².